The Morgan fingerprint density at radius 2 is 2.00 bits per heavy atom. The van der Waals surface area contributed by atoms with Gasteiger partial charge in [0.2, 0.25) is 5.91 Å². The number of nitrogens with zero attached hydrogens (tertiary/aromatic N) is 1. The van der Waals surface area contributed by atoms with Crippen molar-refractivity contribution in [2.24, 2.45) is 17.1 Å². The van der Waals surface area contributed by atoms with Gasteiger partial charge in [-0.2, -0.15) is 0 Å². The first-order valence-corrected chi connectivity index (χ1v) is 8.25. The topological polar surface area (TPSA) is 66.6 Å². The van der Waals surface area contributed by atoms with Crippen molar-refractivity contribution in [1.29, 1.82) is 0 Å². The molecule has 1 unspecified atom stereocenters. The number of likely N-dealkylation sites (tertiary alicyclic amines) is 1. The molecule has 116 valence electrons. The number of carbonyl (C=O) groups is 1. The largest absolute Gasteiger partial charge is 0.396 e. The fourth-order valence-corrected chi connectivity index (χ4v) is 3.84. The standard InChI is InChI=1S/C16H30N2O2/c1-13-5-8-16(12-17,9-6-13)15(20)18-10-3-2-4-14(18)7-11-19/h13-14,19H,2-12,17H2,1H3. The van der Waals surface area contributed by atoms with Crippen LogP contribution in [-0.4, -0.2) is 41.7 Å². The first kappa shape index (κ1) is 15.8. The second-order valence-corrected chi connectivity index (χ2v) is 6.83. The fraction of sp³-hybridized carbons (Fsp3) is 0.938. The van der Waals surface area contributed by atoms with Crippen molar-refractivity contribution in [2.75, 3.05) is 19.7 Å². The Bertz CT molecular complexity index is 322. The summed E-state index contributed by atoms with van der Waals surface area (Å²) in [6.07, 6.45) is 8.10. The van der Waals surface area contributed by atoms with E-state index in [2.05, 4.69) is 6.92 Å². The Labute approximate surface area is 122 Å². The van der Waals surface area contributed by atoms with Gasteiger partial charge in [-0.05, 0) is 57.3 Å². The van der Waals surface area contributed by atoms with Gasteiger partial charge < -0.3 is 15.7 Å². The molecule has 0 bridgehead atoms. The van der Waals surface area contributed by atoms with Crippen molar-refractivity contribution in [3.05, 3.63) is 0 Å². The summed E-state index contributed by atoms with van der Waals surface area (Å²) in [5.41, 5.74) is 5.69. The van der Waals surface area contributed by atoms with Gasteiger partial charge in [0, 0.05) is 25.7 Å². The predicted molar refractivity (Wildman–Crippen MR) is 80.2 cm³/mol. The molecule has 2 rings (SSSR count). The van der Waals surface area contributed by atoms with Crippen molar-refractivity contribution in [1.82, 2.24) is 4.90 Å². The highest BCUT2D eigenvalue weighted by Crippen LogP contribution is 2.40. The lowest BCUT2D eigenvalue weighted by atomic mass is 9.69. The highest BCUT2D eigenvalue weighted by atomic mass is 16.3. The molecule has 0 spiro atoms. The van der Waals surface area contributed by atoms with Crippen LogP contribution < -0.4 is 5.73 Å². The number of piperidine rings is 1. The van der Waals surface area contributed by atoms with Gasteiger partial charge in [0.15, 0.2) is 0 Å². The molecule has 1 amide bonds. The Balaban J connectivity index is 2.10. The summed E-state index contributed by atoms with van der Waals surface area (Å²) in [5.74, 6) is 0.988. The first-order valence-electron chi connectivity index (χ1n) is 8.25. The number of amides is 1. The summed E-state index contributed by atoms with van der Waals surface area (Å²) < 4.78 is 0. The predicted octanol–water partition coefficient (Wildman–Crippen LogP) is 1.91. The lowest BCUT2D eigenvalue weighted by Gasteiger charge is -2.45. The highest BCUT2D eigenvalue weighted by Gasteiger charge is 2.44. The van der Waals surface area contributed by atoms with E-state index in [9.17, 15) is 9.90 Å². The van der Waals surface area contributed by atoms with Gasteiger partial charge in [-0.3, -0.25) is 4.79 Å². The minimum absolute atomic E-state index is 0.168. The molecule has 1 atom stereocenters. The average Bonchev–Trinajstić information content (AvgIpc) is 2.49. The van der Waals surface area contributed by atoms with E-state index in [-0.39, 0.29) is 24.0 Å². The number of hydrogen-bond donors (Lipinski definition) is 2. The smallest absolute Gasteiger partial charge is 0.230 e. The van der Waals surface area contributed by atoms with Crippen molar-refractivity contribution in [2.45, 2.75) is 64.3 Å². The van der Waals surface area contributed by atoms with Crippen LogP contribution in [0.15, 0.2) is 0 Å². The van der Waals surface area contributed by atoms with Crippen LogP contribution in [0.25, 0.3) is 0 Å². The van der Waals surface area contributed by atoms with Gasteiger partial charge in [-0.15, -0.1) is 0 Å². The number of nitrogens with two attached hydrogens (primary N) is 1. The van der Waals surface area contributed by atoms with E-state index in [1.165, 1.54) is 6.42 Å². The quantitative estimate of drug-likeness (QED) is 0.827. The minimum atomic E-state index is -0.322. The minimum Gasteiger partial charge on any atom is -0.396 e. The monoisotopic (exact) mass is 282 g/mol. The molecule has 0 radical (unpaired) electrons. The van der Waals surface area contributed by atoms with Crippen LogP contribution in [0.3, 0.4) is 0 Å². The zero-order valence-electron chi connectivity index (χ0n) is 12.8. The van der Waals surface area contributed by atoms with Crippen LogP contribution >= 0.6 is 0 Å². The molecule has 0 aromatic rings. The molecule has 1 saturated heterocycles. The van der Waals surface area contributed by atoms with Crippen LogP contribution in [-0.2, 0) is 4.79 Å². The molecule has 0 aromatic carbocycles. The van der Waals surface area contributed by atoms with Gasteiger partial charge in [-0.25, -0.2) is 0 Å². The second kappa shape index (κ2) is 6.90. The van der Waals surface area contributed by atoms with Crippen molar-refractivity contribution >= 4 is 5.91 Å². The van der Waals surface area contributed by atoms with E-state index in [1.54, 1.807) is 0 Å². The summed E-state index contributed by atoms with van der Waals surface area (Å²) in [7, 11) is 0. The SMILES string of the molecule is CC1CCC(CN)(C(=O)N2CCCCC2CCO)CC1. The Hall–Kier alpha value is -0.610. The lowest BCUT2D eigenvalue weighted by Crippen LogP contribution is -2.54. The van der Waals surface area contributed by atoms with E-state index in [0.29, 0.717) is 13.0 Å². The molecule has 2 aliphatic rings. The number of carbonyl (C=O) groups excluding carboxylic acids is 1. The molecular formula is C16H30N2O2. The van der Waals surface area contributed by atoms with Gasteiger partial charge >= 0.3 is 0 Å². The maximum absolute atomic E-state index is 13.1. The zero-order chi connectivity index (χ0) is 14.6. The third kappa shape index (κ3) is 3.17. The lowest BCUT2D eigenvalue weighted by molar-refractivity contribution is -0.148. The Morgan fingerprint density at radius 1 is 1.30 bits per heavy atom. The van der Waals surface area contributed by atoms with Crippen molar-refractivity contribution < 1.29 is 9.90 Å². The Morgan fingerprint density at radius 3 is 2.60 bits per heavy atom. The number of aliphatic hydroxyl groups is 1. The molecule has 1 aliphatic carbocycles. The molecule has 4 nitrogen and oxygen atoms in total. The summed E-state index contributed by atoms with van der Waals surface area (Å²) in [4.78, 5) is 15.1. The van der Waals surface area contributed by atoms with Gasteiger partial charge in [0.25, 0.3) is 0 Å². The maximum atomic E-state index is 13.1. The molecular weight excluding hydrogens is 252 g/mol. The van der Waals surface area contributed by atoms with Crippen LogP contribution in [0.1, 0.15) is 58.3 Å². The zero-order valence-corrected chi connectivity index (χ0v) is 12.8. The summed E-state index contributed by atoms with van der Waals surface area (Å²) >= 11 is 0. The van der Waals surface area contributed by atoms with Crippen LogP contribution in [0.2, 0.25) is 0 Å². The summed E-state index contributed by atoms with van der Waals surface area (Å²) in [6.45, 7) is 3.75. The van der Waals surface area contributed by atoms with Crippen molar-refractivity contribution in [3.8, 4) is 0 Å². The Kier molecular flexibility index (Phi) is 5.44. The third-order valence-electron chi connectivity index (χ3n) is 5.43. The number of hydrogen-bond acceptors (Lipinski definition) is 3. The molecule has 20 heavy (non-hydrogen) atoms. The van der Waals surface area contributed by atoms with Crippen molar-refractivity contribution in [3.63, 3.8) is 0 Å². The number of rotatable bonds is 4. The van der Waals surface area contributed by atoms with Crippen LogP contribution in [0.4, 0.5) is 0 Å². The average molecular weight is 282 g/mol. The molecule has 0 aromatic heterocycles. The summed E-state index contributed by atoms with van der Waals surface area (Å²) in [6, 6.07) is 0.226. The number of aliphatic hydroxyl groups excluding tert-OH is 1. The van der Waals surface area contributed by atoms with E-state index in [1.807, 2.05) is 4.90 Å². The fourth-order valence-electron chi connectivity index (χ4n) is 3.84. The summed E-state index contributed by atoms with van der Waals surface area (Å²) in [5, 5.41) is 9.22. The molecule has 1 aliphatic heterocycles. The normalized spacial score (nSPS) is 35.0. The molecule has 4 heteroatoms. The molecule has 1 saturated carbocycles. The third-order valence-corrected chi connectivity index (χ3v) is 5.43. The van der Waals surface area contributed by atoms with E-state index < -0.39 is 0 Å². The maximum Gasteiger partial charge on any atom is 0.230 e. The van der Waals surface area contributed by atoms with Gasteiger partial charge in [-0.1, -0.05) is 6.92 Å². The molecule has 2 fully saturated rings. The van der Waals surface area contributed by atoms with Crippen LogP contribution in [0.5, 0.6) is 0 Å². The van der Waals surface area contributed by atoms with E-state index in [0.717, 1.165) is 51.0 Å². The van der Waals surface area contributed by atoms with Gasteiger partial charge in [0.05, 0.1) is 5.41 Å². The first-order chi connectivity index (χ1) is 9.63. The molecule has 1 heterocycles. The second-order valence-electron chi connectivity index (χ2n) is 6.83. The van der Waals surface area contributed by atoms with E-state index >= 15 is 0 Å². The van der Waals surface area contributed by atoms with Crippen LogP contribution in [0, 0.1) is 11.3 Å². The van der Waals surface area contributed by atoms with Gasteiger partial charge in [0.1, 0.15) is 0 Å². The highest BCUT2D eigenvalue weighted by molar-refractivity contribution is 5.83. The molecule has 3 N–H and O–H groups in total. The van der Waals surface area contributed by atoms with E-state index in [4.69, 9.17) is 5.73 Å².